The van der Waals surface area contributed by atoms with Crippen molar-refractivity contribution in [3.63, 3.8) is 0 Å². The molecule has 1 heterocycles. The van der Waals surface area contributed by atoms with Crippen LogP contribution in [0.3, 0.4) is 0 Å². The van der Waals surface area contributed by atoms with Crippen LogP contribution in [0.25, 0.3) is 0 Å². The van der Waals surface area contributed by atoms with Crippen molar-refractivity contribution >= 4 is 11.6 Å². The van der Waals surface area contributed by atoms with E-state index in [2.05, 4.69) is 10.3 Å². The van der Waals surface area contributed by atoms with Crippen LogP contribution in [0.5, 0.6) is 0 Å². The second-order valence-electron chi connectivity index (χ2n) is 3.57. The Balaban J connectivity index is 2.22. The van der Waals surface area contributed by atoms with Crippen LogP contribution in [-0.4, -0.2) is 10.9 Å². The lowest BCUT2D eigenvalue weighted by Gasteiger charge is -2.08. The van der Waals surface area contributed by atoms with Crippen molar-refractivity contribution in [2.45, 2.75) is 13.8 Å². The number of hydrogen-bond acceptors (Lipinski definition) is 3. The molecule has 0 saturated carbocycles. The van der Waals surface area contributed by atoms with Gasteiger partial charge in [-0.2, -0.15) is 0 Å². The predicted octanol–water partition coefficient (Wildman–Crippen LogP) is 2.54. The van der Waals surface area contributed by atoms with Crippen LogP contribution in [-0.2, 0) is 0 Å². The maximum Gasteiger partial charge on any atom is 0.293 e. The van der Waals surface area contributed by atoms with Crippen molar-refractivity contribution in [2.75, 3.05) is 5.32 Å². The molecule has 4 heteroatoms. The van der Waals surface area contributed by atoms with E-state index in [1.807, 2.05) is 32.0 Å². The molecule has 1 aromatic heterocycles. The molecule has 16 heavy (non-hydrogen) atoms. The molecule has 0 unspecified atom stereocenters. The largest absolute Gasteiger partial charge is 0.438 e. The van der Waals surface area contributed by atoms with Gasteiger partial charge >= 0.3 is 0 Å². The molecule has 82 valence electrons. The summed E-state index contributed by atoms with van der Waals surface area (Å²) in [6, 6.07) is 5.76. The number of carbonyl (C=O) groups is 1. The average molecular weight is 216 g/mol. The molecule has 0 aliphatic rings. The number of nitrogens with one attached hydrogen (secondary N) is 1. The SMILES string of the molecule is Cc1cccc(NC(=O)c2cnco2)c1C. The third kappa shape index (κ3) is 1.95. The lowest BCUT2D eigenvalue weighted by Crippen LogP contribution is -2.12. The highest BCUT2D eigenvalue weighted by Crippen LogP contribution is 2.18. The summed E-state index contributed by atoms with van der Waals surface area (Å²) >= 11 is 0. The summed E-state index contributed by atoms with van der Waals surface area (Å²) in [5, 5.41) is 2.78. The minimum atomic E-state index is -0.286. The first-order valence-electron chi connectivity index (χ1n) is 4.94. The standard InChI is InChI=1S/C12H12N2O2/c1-8-4-3-5-10(9(8)2)14-12(15)11-6-13-7-16-11/h3-7H,1-2H3,(H,14,15). The quantitative estimate of drug-likeness (QED) is 0.839. The van der Waals surface area contributed by atoms with Gasteiger partial charge in [-0.25, -0.2) is 4.98 Å². The van der Waals surface area contributed by atoms with E-state index in [0.717, 1.165) is 16.8 Å². The van der Waals surface area contributed by atoms with E-state index in [9.17, 15) is 4.79 Å². The Kier molecular flexibility index (Phi) is 2.72. The molecule has 0 bridgehead atoms. The Labute approximate surface area is 93.3 Å². The van der Waals surface area contributed by atoms with Crippen molar-refractivity contribution in [3.8, 4) is 0 Å². The van der Waals surface area contributed by atoms with Gasteiger partial charge in [0.2, 0.25) is 5.76 Å². The summed E-state index contributed by atoms with van der Waals surface area (Å²) in [7, 11) is 0. The van der Waals surface area contributed by atoms with Crippen molar-refractivity contribution in [3.05, 3.63) is 47.7 Å². The number of nitrogens with zero attached hydrogens (tertiary/aromatic N) is 1. The minimum Gasteiger partial charge on any atom is -0.438 e. The highest BCUT2D eigenvalue weighted by atomic mass is 16.3. The van der Waals surface area contributed by atoms with E-state index >= 15 is 0 Å². The molecular formula is C12H12N2O2. The highest BCUT2D eigenvalue weighted by Gasteiger charge is 2.10. The summed E-state index contributed by atoms with van der Waals surface area (Å²) in [4.78, 5) is 15.4. The van der Waals surface area contributed by atoms with Gasteiger partial charge in [-0.05, 0) is 31.0 Å². The summed E-state index contributed by atoms with van der Waals surface area (Å²) in [6.45, 7) is 3.96. The number of rotatable bonds is 2. The summed E-state index contributed by atoms with van der Waals surface area (Å²) in [6.07, 6.45) is 2.62. The first-order chi connectivity index (χ1) is 7.68. The third-order valence-corrected chi connectivity index (χ3v) is 2.51. The third-order valence-electron chi connectivity index (χ3n) is 2.51. The molecule has 0 atom stereocenters. The molecule has 0 radical (unpaired) electrons. The molecule has 0 saturated heterocycles. The van der Waals surface area contributed by atoms with Crippen LogP contribution in [0.1, 0.15) is 21.7 Å². The van der Waals surface area contributed by atoms with E-state index in [4.69, 9.17) is 4.42 Å². The van der Waals surface area contributed by atoms with Gasteiger partial charge in [0.1, 0.15) is 0 Å². The van der Waals surface area contributed by atoms with E-state index < -0.39 is 0 Å². The van der Waals surface area contributed by atoms with Gasteiger partial charge in [0.15, 0.2) is 6.39 Å². The van der Waals surface area contributed by atoms with Gasteiger partial charge in [-0.1, -0.05) is 12.1 Å². The van der Waals surface area contributed by atoms with Gasteiger partial charge in [0.05, 0.1) is 6.20 Å². The zero-order valence-corrected chi connectivity index (χ0v) is 9.15. The van der Waals surface area contributed by atoms with Crippen molar-refractivity contribution < 1.29 is 9.21 Å². The first kappa shape index (κ1) is 10.4. The van der Waals surface area contributed by atoms with Crippen LogP contribution in [0, 0.1) is 13.8 Å². The van der Waals surface area contributed by atoms with Crippen molar-refractivity contribution in [2.24, 2.45) is 0 Å². The number of aryl methyl sites for hydroxylation is 1. The van der Waals surface area contributed by atoms with Crippen LogP contribution in [0.4, 0.5) is 5.69 Å². The molecular weight excluding hydrogens is 204 g/mol. The van der Waals surface area contributed by atoms with Crippen molar-refractivity contribution in [1.29, 1.82) is 0 Å². The monoisotopic (exact) mass is 216 g/mol. The Hall–Kier alpha value is -2.10. The number of benzene rings is 1. The normalized spacial score (nSPS) is 10.1. The average Bonchev–Trinajstić information content (AvgIpc) is 2.78. The maximum absolute atomic E-state index is 11.7. The first-order valence-corrected chi connectivity index (χ1v) is 4.94. The van der Waals surface area contributed by atoms with E-state index in [-0.39, 0.29) is 11.7 Å². The predicted molar refractivity (Wildman–Crippen MR) is 60.4 cm³/mol. The lowest BCUT2D eigenvalue weighted by molar-refractivity contribution is 0.0996. The molecule has 0 fully saturated rings. The zero-order valence-electron chi connectivity index (χ0n) is 9.15. The number of hydrogen-bond donors (Lipinski definition) is 1. The fourth-order valence-electron chi connectivity index (χ4n) is 1.40. The number of aromatic nitrogens is 1. The number of carbonyl (C=O) groups excluding carboxylic acids is 1. The summed E-state index contributed by atoms with van der Waals surface area (Å²) < 4.78 is 4.91. The molecule has 1 N–H and O–H groups in total. The van der Waals surface area contributed by atoms with Crippen LogP contribution in [0.2, 0.25) is 0 Å². The van der Waals surface area contributed by atoms with E-state index in [0.29, 0.717) is 0 Å². The van der Waals surface area contributed by atoms with Gasteiger partial charge in [0.25, 0.3) is 5.91 Å². The maximum atomic E-state index is 11.7. The Morgan fingerprint density at radius 3 is 2.88 bits per heavy atom. The van der Waals surface area contributed by atoms with Crippen LogP contribution >= 0.6 is 0 Å². The highest BCUT2D eigenvalue weighted by molar-refractivity contribution is 6.02. The van der Waals surface area contributed by atoms with E-state index in [1.165, 1.54) is 12.6 Å². The van der Waals surface area contributed by atoms with E-state index in [1.54, 1.807) is 0 Å². The molecule has 1 amide bonds. The van der Waals surface area contributed by atoms with Crippen LogP contribution in [0.15, 0.2) is 35.2 Å². The van der Waals surface area contributed by atoms with Gasteiger partial charge in [-0.3, -0.25) is 4.79 Å². The smallest absolute Gasteiger partial charge is 0.293 e. The molecule has 2 aromatic rings. The van der Waals surface area contributed by atoms with Crippen LogP contribution < -0.4 is 5.32 Å². The molecule has 1 aromatic carbocycles. The minimum absolute atomic E-state index is 0.209. The zero-order chi connectivity index (χ0) is 11.5. The number of amides is 1. The molecule has 2 rings (SSSR count). The topological polar surface area (TPSA) is 55.1 Å². The fraction of sp³-hybridized carbons (Fsp3) is 0.167. The Morgan fingerprint density at radius 2 is 2.19 bits per heavy atom. The summed E-state index contributed by atoms with van der Waals surface area (Å²) in [5.74, 6) is -0.0768. The fourth-order valence-corrected chi connectivity index (χ4v) is 1.40. The van der Waals surface area contributed by atoms with Gasteiger partial charge in [-0.15, -0.1) is 0 Å². The second kappa shape index (κ2) is 4.18. The molecule has 4 nitrogen and oxygen atoms in total. The molecule has 0 aliphatic carbocycles. The Morgan fingerprint density at radius 1 is 1.38 bits per heavy atom. The molecule has 0 spiro atoms. The molecule has 0 aliphatic heterocycles. The lowest BCUT2D eigenvalue weighted by atomic mass is 10.1. The van der Waals surface area contributed by atoms with Crippen molar-refractivity contribution in [1.82, 2.24) is 4.98 Å². The summed E-state index contributed by atoms with van der Waals surface area (Å²) in [5.41, 5.74) is 2.98. The second-order valence-corrected chi connectivity index (χ2v) is 3.57. The van der Waals surface area contributed by atoms with Gasteiger partial charge in [0, 0.05) is 5.69 Å². The Bertz CT molecular complexity index is 504. The van der Waals surface area contributed by atoms with Gasteiger partial charge < -0.3 is 9.73 Å². The number of anilines is 1. The number of oxazole rings is 1.